The van der Waals surface area contributed by atoms with Gasteiger partial charge in [0, 0.05) is 17.3 Å². The largest absolute Gasteiger partial charge is 0.398 e. The van der Waals surface area contributed by atoms with Crippen molar-refractivity contribution in [2.45, 2.75) is 13.2 Å². The first-order valence-electron chi connectivity index (χ1n) is 5.89. The number of aliphatic hydroxyl groups excluding tert-OH is 2. The van der Waals surface area contributed by atoms with Crippen LogP contribution in [0.2, 0.25) is 0 Å². The number of benzene rings is 2. The van der Waals surface area contributed by atoms with Crippen LogP contribution in [0.15, 0.2) is 47.6 Å². The maximum absolute atomic E-state index is 9.20. The van der Waals surface area contributed by atoms with Gasteiger partial charge in [-0.05, 0) is 29.4 Å². The zero-order valence-corrected chi connectivity index (χ0v) is 10.4. The van der Waals surface area contributed by atoms with E-state index in [2.05, 4.69) is 10.2 Å². The highest BCUT2D eigenvalue weighted by atomic mass is 16.3. The van der Waals surface area contributed by atoms with E-state index in [1.165, 1.54) is 0 Å². The van der Waals surface area contributed by atoms with Crippen molar-refractivity contribution in [2.24, 2.45) is 5.11 Å². The first kappa shape index (κ1) is 13.2. The van der Waals surface area contributed by atoms with Gasteiger partial charge in [0.1, 0.15) is 5.69 Å². The minimum Gasteiger partial charge on any atom is -0.398 e. The molecule has 2 aromatic rings. The van der Waals surface area contributed by atoms with E-state index in [9.17, 15) is 5.11 Å². The summed E-state index contributed by atoms with van der Waals surface area (Å²) in [5.74, 6) is 0. The van der Waals surface area contributed by atoms with Crippen LogP contribution in [0.25, 0.3) is 0 Å². The number of hydrogen-bond acceptors (Lipinski definition) is 4. The first-order valence-corrected chi connectivity index (χ1v) is 5.89. The van der Waals surface area contributed by atoms with Gasteiger partial charge in [-0.2, -0.15) is 0 Å². The molecule has 0 radical (unpaired) electrons. The van der Waals surface area contributed by atoms with Crippen LogP contribution in [0.1, 0.15) is 11.1 Å². The lowest BCUT2D eigenvalue weighted by Crippen LogP contribution is -2.57. The van der Waals surface area contributed by atoms with E-state index in [4.69, 9.17) is 10.8 Å². The molecule has 0 bridgehead atoms. The van der Waals surface area contributed by atoms with Gasteiger partial charge in [0.15, 0.2) is 0 Å². The first-order chi connectivity index (χ1) is 9.24. The van der Waals surface area contributed by atoms with Crippen molar-refractivity contribution in [3.63, 3.8) is 0 Å². The molecule has 0 aliphatic rings. The predicted octanol–water partition coefficient (Wildman–Crippen LogP) is 0.749. The average Bonchev–Trinajstić information content (AvgIpc) is 2.46. The molecule has 5 nitrogen and oxygen atoms in total. The van der Waals surface area contributed by atoms with E-state index in [-0.39, 0.29) is 13.2 Å². The van der Waals surface area contributed by atoms with Crippen LogP contribution < -0.4 is 10.8 Å². The van der Waals surface area contributed by atoms with Gasteiger partial charge in [-0.25, -0.2) is 0 Å². The zero-order valence-electron chi connectivity index (χ0n) is 10.4. The van der Waals surface area contributed by atoms with Gasteiger partial charge in [0.2, 0.25) is 5.69 Å². The van der Waals surface area contributed by atoms with E-state index in [0.717, 1.165) is 11.3 Å². The number of nitrogens with one attached hydrogen (secondary N) is 1. The Morgan fingerprint density at radius 2 is 1.74 bits per heavy atom. The average molecular weight is 258 g/mol. The number of azo groups is 1. The molecule has 0 atom stereocenters. The molecular weight excluding hydrogens is 242 g/mol. The molecule has 0 fully saturated rings. The quantitative estimate of drug-likeness (QED) is 0.481. The van der Waals surface area contributed by atoms with E-state index in [0.29, 0.717) is 16.9 Å². The molecule has 2 rings (SSSR count). The summed E-state index contributed by atoms with van der Waals surface area (Å²) in [7, 11) is 0. The molecule has 5 N–H and O–H groups in total. The Morgan fingerprint density at radius 3 is 2.47 bits per heavy atom. The van der Waals surface area contributed by atoms with E-state index < -0.39 is 0 Å². The van der Waals surface area contributed by atoms with Crippen molar-refractivity contribution in [1.82, 2.24) is 0 Å². The third-order valence-electron chi connectivity index (χ3n) is 2.79. The topological polar surface area (TPSA) is 92.8 Å². The van der Waals surface area contributed by atoms with Crippen molar-refractivity contribution < 1.29 is 15.3 Å². The van der Waals surface area contributed by atoms with Gasteiger partial charge >= 0.3 is 0 Å². The van der Waals surface area contributed by atoms with E-state index >= 15 is 0 Å². The summed E-state index contributed by atoms with van der Waals surface area (Å²) in [6, 6.07) is 12.5. The molecule has 0 aliphatic carbocycles. The molecule has 0 aromatic heterocycles. The Balaban J connectivity index is 2.27. The molecule has 0 spiro atoms. The lowest BCUT2D eigenvalue weighted by molar-refractivity contribution is -0.434. The van der Waals surface area contributed by atoms with Crippen LogP contribution in [0.5, 0.6) is 0 Å². The smallest absolute Gasteiger partial charge is 0.234 e. The number of rotatable bonds is 4. The van der Waals surface area contributed by atoms with E-state index in [1.807, 2.05) is 24.3 Å². The molecule has 0 heterocycles. The second kappa shape index (κ2) is 6.08. The number of nitrogen functional groups attached to an aromatic ring is 1. The van der Waals surface area contributed by atoms with Gasteiger partial charge in [0.25, 0.3) is 0 Å². The van der Waals surface area contributed by atoms with Crippen LogP contribution in [0.4, 0.5) is 17.1 Å². The maximum Gasteiger partial charge on any atom is 0.234 e. The lowest BCUT2D eigenvalue weighted by Gasteiger charge is -2.00. The van der Waals surface area contributed by atoms with Crippen molar-refractivity contribution >= 4 is 17.1 Å². The molecule has 0 saturated carbocycles. The molecule has 19 heavy (non-hydrogen) atoms. The highest BCUT2D eigenvalue weighted by molar-refractivity contribution is 5.54. The van der Waals surface area contributed by atoms with Crippen molar-refractivity contribution in [3.05, 3.63) is 53.6 Å². The third-order valence-corrected chi connectivity index (χ3v) is 2.79. The second-order valence-corrected chi connectivity index (χ2v) is 4.08. The SMILES string of the molecule is Nc1ccc(N=[NH+]c2ccccc2CO)cc1CO. The number of anilines is 1. The van der Waals surface area contributed by atoms with E-state index in [1.54, 1.807) is 18.2 Å². The van der Waals surface area contributed by atoms with Crippen LogP contribution in [-0.4, -0.2) is 10.2 Å². The number of aliphatic hydroxyl groups is 2. The molecular formula is C14H16N3O2+. The molecule has 5 heteroatoms. The normalized spacial score (nSPS) is 11.1. The standard InChI is InChI=1S/C14H15N3O2/c15-13-6-5-12(7-11(13)9-19)16-17-14-4-2-1-3-10(14)8-18/h1-7,18-19H,8-9,15H2/p+1. The number of hydrogen-bond donors (Lipinski definition) is 4. The molecule has 0 unspecified atom stereocenters. The van der Waals surface area contributed by atoms with Gasteiger partial charge in [0.05, 0.1) is 18.8 Å². The monoisotopic (exact) mass is 258 g/mol. The summed E-state index contributed by atoms with van der Waals surface area (Å²) in [6.45, 7) is -0.176. The minimum absolute atomic E-state index is 0.0533. The van der Waals surface area contributed by atoms with Crippen molar-refractivity contribution in [2.75, 3.05) is 5.73 Å². The zero-order chi connectivity index (χ0) is 13.7. The van der Waals surface area contributed by atoms with Crippen molar-refractivity contribution in [1.29, 1.82) is 0 Å². The molecule has 2 aromatic carbocycles. The van der Waals surface area contributed by atoms with Gasteiger partial charge in [-0.3, -0.25) is 0 Å². The van der Waals surface area contributed by atoms with Gasteiger partial charge < -0.3 is 15.9 Å². The molecule has 0 amide bonds. The molecule has 98 valence electrons. The van der Waals surface area contributed by atoms with Crippen molar-refractivity contribution in [3.8, 4) is 0 Å². The Morgan fingerprint density at radius 1 is 1.00 bits per heavy atom. The minimum atomic E-state index is -0.123. The Labute approximate surface area is 111 Å². The van der Waals surface area contributed by atoms with Crippen LogP contribution in [-0.2, 0) is 13.2 Å². The fourth-order valence-corrected chi connectivity index (χ4v) is 1.69. The highest BCUT2D eigenvalue weighted by Gasteiger charge is 2.05. The summed E-state index contributed by atoms with van der Waals surface area (Å²) in [5, 5.41) is 25.4. The second-order valence-electron chi connectivity index (χ2n) is 4.08. The van der Waals surface area contributed by atoms with Crippen LogP contribution >= 0.6 is 0 Å². The third kappa shape index (κ3) is 3.15. The van der Waals surface area contributed by atoms with Crippen LogP contribution in [0, 0.1) is 0 Å². The summed E-state index contributed by atoms with van der Waals surface area (Å²) < 4.78 is 0. The molecule has 0 aliphatic heterocycles. The number of nitrogens with two attached hydrogens (primary N) is 1. The number of para-hydroxylation sites is 1. The lowest BCUT2D eigenvalue weighted by atomic mass is 10.2. The Kier molecular flexibility index (Phi) is 4.22. The summed E-state index contributed by atoms with van der Waals surface area (Å²) in [6.07, 6.45) is 0. The summed E-state index contributed by atoms with van der Waals surface area (Å²) in [5.41, 5.74) is 9.04. The Hall–Kier alpha value is -2.24. The summed E-state index contributed by atoms with van der Waals surface area (Å²) >= 11 is 0. The highest BCUT2D eigenvalue weighted by Crippen LogP contribution is 2.19. The summed E-state index contributed by atoms with van der Waals surface area (Å²) in [4.78, 5) is 0. The fraction of sp³-hybridized carbons (Fsp3) is 0.143. The predicted molar refractivity (Wildman–Crippen MR) is 71.9 cm³/mol. The van der Waals surface area contributed by atoms with Gasteiger partial charge in [-0.1, -0.05) is 17.2 Å². The van der Waals surface area contributed by atoms with Gasteiger partial charge in [-0.15, -0.1) is 0 Å². The fourth-order valence-electron chi connectivity index (χ4n) is 1.69. The molecule has 0 saturated heterocycles. The van der Waals surface area contributed by atoms with Crippen LogP contribution in [0.3, 0.4) is 0 Å². The Bertz CT molecular complexity index is 597. The maximum atomic E-state index is 9.20. The number of nitrogens with zero attached hydrogens (tertiary/aromatic N) is 1.